The van der Waals surface area contributed by atoms with Crippen molar-refractivity contribution in [1.29, 1.82) is 0 Å². The van der Waals surface area contributed by atoms with Gasteiger partial charge in [-0.3, -0.25) is 0 Å². The summed E-state index contributed by atoms with van der Waals surface area (Å²) in [6.45, 7) is 8.33. The number of pyridine rings is 1. The van der Waals surface area contributed by atoms with Gasteiger partial charge in [0.2, 0.25) is 0 Å². The number of benzene rings is 1. The molecule has 0 aliphatic carbocycles. The van der Waals surface area contributed by atoms with Crippen LogP contribution in [0.5, 0.6) is 0 Å². The van der Waals surface area contributed by atoms with Crippen molar-refractivity contribution in [3.05, 3.63) is 53.2 Å². The Morgan fingerprint density at radius 3 is 2.60 bits per heavy atom. The minimum absolute atomic E-state index is 0.326. The zero-order chi connectivity index (χ0) is 25.0. The highest BCUT2D eigenvalue weighted by atomic mass is 16.6. The van der Waals surface area contributed by atoms with Crippen LogP contribution in [0.3, 0.4) is 0 Å². The number of aryl methyl sites for hydroxylation is 1. The second kappa shape index (κ2) is 10.5. The number of alkyl carbamates (subject to hydrolysis) is 1. The van der Waals surface area contributed by atoms with E-state index >= 15 is 0 Å². The number of ether oxygens (including phenoxy) is 2. The van der Waals surface area contributed by atoms with Gasteiger partial charge >= 0.3 is 12.1 Å². The molecule has 1 fully saturated rings. The smallest absolute Gasteiger partial charge is 0.408 e. The van der Waals surface area contributed by atoms with Crippen molar-refractivity contribution in [2.24, 2.45) is 5.92 Å². The molecule has 8 heteroatoms. The summed E-state index contributed by atoms with van der Waals surface area (Å²) in [6.07, 6.45) is 2.96. The van der Waals surface area contributed by atoms with Crippen LogP contribution in [0.15, 0.2) is 36.4 Å². The summed E-state index contributed by atoms with van der Waals surface area (Å²) in [5.41, 5.74) is 3.92. The molecule has 2 aliphatic heterocycles. The highest BCUT2D eigenvalue weighted by molar-refractivity contribution is 5.81. The Kier molecular flexibility index (Phi) is 7.48. The van der Waals surface area contributed by atoms with Crippen LogP contribution in [0.2, 0.25) is 0 Å². The molecule has 1 aromatic heterocycles. The molecule has 1 aromatic carbocycles. The molecular weight excluding hydrogens is 444 g/mol. The third-order valence-electron chi connectivity index (χ3n) is 6.32. The van der Waals surface area contributed by atoms with E-state index in [0.29, 0.717) is 12.3 Å². The number of carbonyl (C=O) groups is 2. The van der Waals surface area contributed by atoms with Gasteiger partial charge < -0.3 is 25.0 Å². The van der Waals surface area contributed by atoms with Gasteiger partial charge in [-0.25, -0.2) is 14.6 Å². The van der Waals surface area contributed by atoms with Crippen molar-refractivity contribution in [2.45, 2.75) is 58.1 Å². The number of nitrogens with one attached hydrogen (secondary N) is 2. The minimum atomic E-state index is -0.812. The second-order valence-electron chi connectivity index (χ2n) is 10.4. The third kappa shape index (κ3) is 6.65. The minimum Gasteiger partial charge on any atom is -0.467 e. The molecule has 35 heavy (non-hydrogen) atoms. The molecule has 2 aliphatic rings. The number of hydrogen-bond donors (Lipinski definition) is 2. The van der Waals surface area contributed by atoms with Crippen LogP contribution >= 0.6 is 0 Å². The molecule has 1 atom stereocenters. The van der Waals surface area contributed by atoms with Crippen molar-refractivity contribution >= 4 is 23.6 Å². The van der Waals surface area contributed by atoms with Crippen LogP contribution in [0.4, 0.5) is 16.3 Å². The lowest BCUT2D eigenvalue weighted by atomic mass is 9.93. The summed E-state index contributed by atoms with van der Waals surface area (Å²) in [5, 5.41) is 6.04. The van der Waals surface area contributed by atoms with Crippen LogP contribution in [0, 0.1) is 5.92 Å². The summed E-state index contributed by atoms with van der Waals surface area (Å²) >= 11 is 0. The summed E-state index contributed by atoms with van der Waals surface area (Å²) in [7, 11) is 1.31. The van der Waals surface area contributed by atoms with E-state index in [1.165, 1.54) is 19.1 Å². The first-order valence-electron chi connectivity index (χ1n) is 12.3. The Hall–Kier alpha value is -3.29. The lowest BCUT2D eigenvalue weighted by Crippen LogP contribution is -2.47. The van der Waals surface area contributed by atoms with Gasteiger partial charge in [0.15, 0.2) is 0 Å². The average molecular weight is 481 g/mol. The fourth-order valence-electron chi connectivity index (χ4n) is 4.55. The maximum Gasteiger partial charge on any atom is 0.408 e. The van der Waals surface area contributed by atoms with E-state index in [4.69, 9.17) is 14.5 Å². The fraction of sp³-hybridized carbons (Fsp3) is 0.519. The van der Waals surface area contributed by atoms with E-state index in [9.17, 15) is 9.59 Å². The molecule has 0 spiro atoms. The largest absolute Gasteiger partial charge is 0.467 e. The first kappa shape index (κ1) is 24.8. The van der Waals surface area contributed by atoms with Gasteiger partial charge in [-0.2, -0.15) is 0 Å². The predicted octanol–water partition coefficient (Wildman–Crippen LogP) is 3.73. The van der Waals surface area contributed by atoms with E-state index in [0.717, 1.165) is 55.2 Å². The zero-order valence-electron chi connectivity index (χ0n) is 21.1. The molecule has 1 amide bonds. The molecule has 1 saturated heterocycles. The second-order valence-corrected chi connectivity index (χ2v) is 10.4. The number of esters is 1. The summed E-state index contributed by atoms with van der Waals surface area (Å²) in [4.78, 5) is 31.5. The lowest BCUT2D eigenvalue weighted by Gasteiger charge is -2.41. The first-order chi connectivity index (χ1) is 16.7. The molecular formula is C27H36N4O4. The maximum atomic E-state index is 12.2. The maximum absolute atomic E-state index is 12.2. The van der Waals surface area contributed by atoms with Crippen LogP contribution < -0.4 is 15.5 Å². The molecule has 2 aromatic rings. The van der Waals surface area contributed by atoms with Gasteiger partial charge in [0.25, 0.3) is 0 Å². The van der Waals surface area contributed by atoms with Gasteiger partial charge in [0, 0.05) is 37.4 Å². The SMILES string of the molecule is COC(=O)[C@H](Cc1ccc(N2CC(Cc3ccc4c(n3)NCCC4)C2)cc1)NC(=O)OC(C)(C)C. The van der Waals surface area contributed by atoms with Crippen LogP contribution in [0.25, 0.3) is 0 Å². The van der Waals surface area contributed by atoms with Crippen molar-refractivity contribution in [2.75, 3.05) is 37.0 Å². The van der Waals surface area contributed by atoms with Crippen LogP contribution in [-0.2, 0) is 33.5 Å². The monoisotopic (exact) mass is 480 g/mol. The summed E-state index contributed by atoms with van der Waals surface area (Å²) in [6, 6.07) is 11.7. The van der Waals surface area contributed by atoms with Crippen LogP contribution in [0.1, 0.15) is 44.0 Å². The number of rotatable bonds is 7. The predicted molar refractivity (Wildman–Crippen MR) is 136 cm³/mol. The van der Waals surface area contributed by atoms with Crippen molar-refractivity contribution < 1.29 is 19.1 Å². The standard InChI is InChI=1S/C27H36N4O4/c1-27(2,3)35-26(33)30-23(25(32)34-4)15-18-7-11-22(12-8-18)31-16-19(17-31)14-21-10-9-20-6-5-13-28-24(20)29-21/h7-12,19,23H,5-6,13-17H2,1-4H3,(H,28,29)(H,30,33)/t23-/m0/s1. The Balaban J connectivity index is 1.29. The van der Waals surface area contributed by atoms with E-state index in [1.54, 1.807) is 20.8 Å². The van der Waals surface area contributed by atoms with Gasteiger partial charge in [-0.05, 0) is 75.3 Å². The topological polar surface area (TPSA) is 92.8 Å². The number of methoxy groups -OCH3 is 1. The van der Waals surface area contributed by atoms with Crippen molar-refractivity contribution in [3.63, 3.8) is 0 Å². The Morgan fingerprint density at radius 1 is 1.17 bits per heavy atom. The molecule has 0 bridgehead atoms. The lowest BCUT2D eigenvalue weighted by molar-refractivity contribution is -0.143. The number of aromatic nitrogens is 1. The molecule has 0 radical (unpaired) electrons. The number of amides is 1. The number of nitrogens with zero attached hydrogens (tertiary/aromatic N) is 2. The number of anilines is 2. The molecule has 3 heterocycles. The Labute approximate surface area is 207 Å². The van der Waals surface area contributed by atoms with Crippen molar-refractivity contribution in [3.8, 4) is 0 Å². The van der Waals surface area contributed by atoms with Gasteiger partial charge in [-0.15, -0.1) is 0 Å². The Bertz CT molecular complexity index is 1040. The first-order valence-corrected chi connectivity index (χ1v) is 12.3. The highest BCUT2D eigenvalue weighted by Crippen LogP contribution is 2.28. The molecule has 2 N–H and O–H groups in total. The average Bonchev–Trinajstić information content (AvgIpc) is 2.79. The Morgan fingerprint density at radius 2 is 1.91 bits per heavy atom. The molecule has 8 nitrogen and oxygen atoms in total. The molecule has 4 rings (SSSR count). The number of fused-ring (bicyclic) bond motifs is 1. The molecule has 188 valence electrons. The van der Waals surface area contributed by atoms with E-state index in [2.05, 4.69) is 39.8 Å². The van der Waals surface area contributed by atoms with Gasteiger partial charge in [0.1, 0.15) is 17.5 Å². The number of carbonyl (C=O) groups excluding carboxylic acids is 2. The van der Waals surface area contributed by atoms with Gasteiger partial charge in [-0.1, -0.05) is 18.2 Å². The van der Waals surface area contributed by atoms with E-state index in [1.807, 2.05) is 12.1 Å². The zero-order valence-corrected chi connectivity index (χ0v) is 21.1. The summed E-state index contributed by atoms with van der Waals surface area (Å²) < 4.78 is 10.1. The van der Waals surface area contributed by atoms with Crippen molar-refractivity contribution in [1.82, 2.24) is 10.3 Å². The highest BCUT2D eigenvalue weighted by Gasteiger charge is 2.28. The number of hydrogen-bond acceptors (Lipinski definition) is 7. The van der Waals surface area contributed by atoms with E-state index < -0.39 is 23.7 Å². The summed E-state index contributed by atoms with van der Waals surface area (Å²) in [5.74, 6) is 1.15. The quantitative estimate of drug-likeness (QED) is 0.584. The molecule has 0 unspecified atom stereocenters. The molecule has 0 saturated carbocycles. The third-order valence-corrected chi connectivity index (χ3v) is 6.32. The van der Waals surface area contributed by atoms with Crippen LogP contribution in [-0.4, -0.2) is 55.4 Å². The van der Waals surface area contributed by atoms with E-state index in [-0.39, 0.29) is 0 Å². The fourth-order valence-corrected chi connectivity index (χ4v) is 4.55. The van der Waals surface area contributed by atoms with Gasteiger partial charge in [0.05, 0.1) is 7.11 Å². The normalized spacial score (nSPS) is 16.4.